The number of hydrogen-bond donors (Lipinski definition) is 1. The Morgan fingerprint density at radius 2 is 1.96 bits per heavy atom. The zero-order chi connectivity index (χ0) is 17.1. The van der Waals surface area contributed by atoms with Crippen LogP contribution < -0.4 is 5.32 Å². The number of para-hydroxylation sites is 1. The summed E-state index contributed by atoms with van der Waals surface area (Å²) in [4.78, 5) is 12.1. The van der Waals surface area contributed by atoms with Crippen LogP contribution >= 0.6 is 11.8 Å². The number of carbonyl (C=O) groups is 1. The largest absolute Gasteiger partial charge is 0.353 e. The smallest absolute Gasteiger partial charge is 0.230 e. The molecule has 0 radical (unpaired) electrons. The van der Waals surface area contributed by atoms with E-state index in [0.29, 0.717) is 17.6 Å². The number of aromatic nitrogens is 3. The molecule has 1 amide bonds. The summed E-state index contributed by atoms with van der Waals surface area (Å²) >= 11 is 1.45. The molecular formula is C18H24N4OS. The Morgan fingerprint density at radius 3 is 2.58 bits per heavy atom. The van der Waals surface area contributed by atoms with Crippen LogP contribution in [-0.4, -0.2) is 32.5 Å². The van der Waals surface area contributed by atoms with Gasteiger partial charge in [0.15, 0.2) is 5.16 Å². The Hall–Kier alpha value is -1.82. The highest BCUT2D eigenvalue weighted by molar-refractivity contribution is 7.99. The number of amides is 1. The lowest BCUT2D eigenvalue weighted by atomic mass is 10.1. The number of hydrogen-bond acceptors (Lipinski definition) is 4. The lowest BCUT2D eigenvalue weighted by molar-refractivity contribution is -0.119. The van der Waals surface area contributed by atoms with Crippen molar-refractivity contribution < 1.29 is 4.79 Å². The van der Waals surface area contributed by atoms with E-state index in [2.05, 4.69) is 46.1 Å². The van der Waals surface area contributed by atoms with E-state index in [0.717, 1.165) is 16.7 Å². The van der Waals surface area contributed by atoms with Crippen molar-refractivity contribution in [3.05, 3.63) is 36.2 Å². The van der Waals surface area contributed by atoms with E-state index in [9.17, 15) is 4.79 Å². The molecule has 0 bridgehead atoms. The van der Waals surface area contributed by atoms with E-state index in [1.807, 2.05) is 25.1 Å². The van der Waals surface area contributed by atoms with Crippen molar-refractivity contribution in [1.29, 1.82) is 0 Å². The Balaban J connectivity index is 1.73. The average molecular weight is 344 g/mol. The molecule has 1 heterocycles. The van der Waals surface area contributed by atoms with E-state index < -0.39 is 0 Å². The van der Waals surface area contributed by atoms with Gasteiger partial charge in [0.05, 0.1) is 5.75 Å². The standard InChI is InChI=1S/C18H24N4OS/c1-12(2)13(3)19-16(23)11-24-18-21-20-17(14-9-10-14)22(18)15-7-5-4-6-8-15/h4-8,12-14H,9-11H2,1-3H3,(H,19,23)/t13-/m0/s1. The van der Waals surface area contributed by atoms with Crippen molar-refractivity contribution in [1.82, 2.24) is 20.1 Å². The minimum atomic E-state index is 0.0387. The van der Waals surface area contributed by atoms with Crippen LogP contribution in [0.2, 0.25) is 0 Å². The molecule has 1 aromatic heterocycles. The highest BCUT2D eigenvalue weighted by Crippen LogP contribution is 2.41. The van der Waals surface area contributed by atoms with E-state index in [1.54, 1.807) is 0 Å². The molecule has 5 nitrogen and oxygen atoms in total. The van der Waals surface area contributed by atoms with Crippen molar-refractivity contribution in [2.45, 2.75) is 50.7 Å². The molecule has 1 fully saturated rings. The average Bonchev–Trinajstić information content (AvgIpc) is 3.33. The SMILES string of the molecule is CC(C)[C@H](C)NC(=O)CSc1nnc(C2CC2)n1-c1ccccc1. The summed E-state index contributed by atoms with van der Waals surface area (Å²) in [6.07, 6.45) is 2.34. The van der Waals surface area contributed by atoms with Crippen LogP contribution in [0.25, 0.3) is 5.69 Å². The van der Waals surface area contributed by atoms with Crippen LogP contribution in [0, 0.1) is 5.92 Å². The molecule has 1 aromatic carbocycles. The molecule has 0 spiro atoms. The van der Waals surface area contributed by atoms with Crippen molar-refractivity contribution in [2.24, 2.45) is 5.92 Å². The van der Waals surface area contributed by atoms with Crippen molar-refractivity contribution in [3.8, 4) is 5.69 Å². The molecule has 24 heavy (non-hydrogen) atoms. The van der Waals surface area contributed by atoms with Gasteiger partial charge in [-0.05, 0) is 37.8 Å². The van der Waals surface area contributed by atoms with Gasteiger partial charge in [-0.15, -0.1) is 10.2 Å². The van der Waals surface area contributed by atoms with Gasteiger partial charge in [-0.2, -0.15) is 0 Å². The third-order valence-electron chi connectivity index (χ3n) is 4.34. The minimum Gasteiger partial charge on any atom is -0.353 e. The van der Waals surface area contributed by atoms with Gasteiger partial charge >= 0.3 is 0 Å². The highest BCUT2D eigenvalue weighted by Gasteiger charge is 2.31. The van der Waals surface area contributed by atoms with Crippen molar-refractivity contribution in [3.63, 3.8) is 0 Å². The predicted molar refractivity (Wildman–Crippen MR) is 96.5 cm³/mol. The van der Waals surface area contributed by atoms with Crippen LogP contribution in [0.1, 0.15) is 45.4 Å². The molecule has 2 aromatic rings. The first-order chi connectivity index (χ1) is 11.6. The first-order valence-electron chi connectivity index (χ1n) is 8.49. The second-order valence-electron chi connectivity index (χ2n) is 6.67. The summed E-state index contributed by atoms with van der Waals surface area (Å²) in [6.45, 7) is 6.24. The summed E-state index contributed by atoms with van der Waals surface area (Å²) < 4.78 is 2.10. The normalized spacial score (nSPS) is 15.5. The molecule has 128 valence electrons. The van der Waals surface area contributed by atoms with Gasteiger partial charge < -0.3 is 5.32 Å². The number of thioether (sulfide) groups is 1. The van der Waals surface area contributed by atoms with Crippen LogP contribution in [0.5, 0.6) is 0 Å². The summed E-state index contributed by atoms with van der Waals surface area (Å²) in [7, 11) is 0. The predicted octanol–water partition coefficient (Wildman–Crippen LogP) is 3.40. The van der Waals surface area contributed by atoms with Gasteiger partial charge in [0.2, 0.25) is 5.91 Å². The molecular weight excluding hydrogens is 320 g/mol. The van der Waals surface area contributed by atoms with Crippen LogP contribution in [0.15, 0.2) is 35.5 Å². The molecule has 3 rings (SSSR count). The number of carbonyl (C=O) groups excluding carboxylic acids is 1. The maximum Gasteiger partial charge on any atom is 0.230 e. The third kappa shape index (κ3) is 3.98. The van der Waals surface area contributed by atoms with Crippen molar-refractivity contribution >= 4 is 17.7 Å². The number of nitrogens with zero attached hydrogens (tertiary/aromatic N) is 3. The van der Waals surface area contributed by atoms with Gasteiger partial charge in [0.25, 0.3) is 0 Å². The lowest BCUT2D eigenvalue weighted by Crippen LogP contribution is -2.37. The van der Waals surface area contributed by atoms with E-state index in [4.69, 9.17) is 0 Å². The Morgan fingerprint density at radius 1 is 1.25 bits per heavy atom. The number of rotatable bonds is 7. The summed E-state index contributed by atoms with van der Waals surface area (Å²) in [6, 6.07) is 10.3. The third-order valence-corrected chi connectivity index (χ3v) is 5.27. The number of nitrogens with one attached hydrogen (secondary N) is 1. The number of benzene rings is 1. The van der Waals surface area contributed by atoms with E-state index in [-0.39, 0.29) is 11.9 Å². The summed E-state index contributed by atoms with van der Waals surface area (Å²) in [5, 5.41) is 12.5. The molecule has 1 atom stereocenters. The zero-order valence-corrected chi connectivity index (χ0v) is 15.2. The Labute approximate surface area is 147 Å². The monoisotopic (exact) mass is 344 g/mol. The molecule has 6 heteroatoms. The minimum absolute atomic E-state index is 0.0387. The Kier molecular flexibility index (Phi) is 5.23. The molecule has 1 aliphatic rings. The summed E-state index contributed by atoms with van der Waals surface area (Å²) in [5.74, 6) is 2.33. The fourth-order valence-electron chi connectivity index (χ4n) is 2.39. The Bertz CT molecular complexity index is 694. The van der Waals surface area contributed by atoms with Gasteiger partial charge in [-0.3, -0.25) is 9.36 Å². The maximum atomic E-state index is 12.1. The molecule has 0 aliphatic heterocycles. The van der Waals surface area contributed by atoms with Crippen molar-refractivity contribution in [2.75, 3.05) is 5.75 Å². The highest BCUT2D eigenvalue weighted by atomic mass is 32.2. The van der Waals surface area contributed by atoms with Gasteiger partial charge in [0, 0.05) is 17.6 Å². The maximum absolute atomic E-state index is 12.1. The van der Waals surface area contributed by atoms with Gasteiger partial charge in [0.1, 0.15) is 5.82 Å². The quantitative estimate of drug-likeness (QED) is 0.782. The fraction of sp³-hybridized carbons (Fsp3) is 0.500. The second-order valence-corrected chi connectivity index (χ2v) is 7.62. The molecule has 1 saturated carbocycles. The second kappa shape index (κ2) is 7.38. The molecule has 0 saturated heterocycles. The van der Waals surface area contributed by atoms with Gasteiger partial charge in [-0.25, -0.2) is 0 Å². The van der Waals surface area contributed by atoms with E-state index in [1.165, 1.54) is 24.6 Å². The first-order valence-corrected chi connectivity index (χ1v) is 9.47. The molecule has 1 N–H and O–H groups in total. The summed E-state index contributed by atoms with van der Waals surface area (Å²) in [5.41, 5.74) is 1.06. The van der Waals surface area contributed by atoms with E-state index >= 15 is 0 Å². The lowest BCUT2D eigenvalue weighted by Gasteiger charge is -2.17. The fourth-order valence-corrected chi connectivity index (χ4v) is 3.16. The first kappa shape index (κ1) is 17.0. The van der Waals surface area contributed by atoms with Crippen LogP contribution in [-0.2, 0) is 4.79 Å². The van der Waals surface area contributed by atoms with Crippen LogP contribution in [0.4, 0.5) is 0 Å². The van der Waals surface area contributed by atoms with Crippen LogP contribution in [0.3, 0.4) is 0 Å². The van der Waals surface area contributed by atoms with Gasteiger partial charge in [-0.1, -0.05) is 43.8 Å². The molecule has 1 aliphatic carbocycles. The molecule has 0 unspecified atom stereocenters. The zero-order valence-electron chi connectivity index (χ0n) is 14.4. The topological polar surface area (TPSA) is 59.8 Å².